The highest BCUT2D eigenvalue weighted by Crippen LogP contribution is 2.05. The van der Waals surface area contributed by atoms with Crippen molar-refractivity contribution in [2.45, 2.75) is 27.2 Å². The van der Waals surface area contributed by atoms with Gasteiger partial charge in [-0.25, -0.2) is 9.59 Å². The molecule has 0 aromatic heterocycles. The van der Waals surface area contributed by atoms with Crippen molar-refractivity contribution in [3.63, 3.8) is 0 Å². The quantitative estimate of drug-likeness (QED) is 0.389. The van der Waals surface area contributed by atoms with E-state index in [0.29, 0.717) is 11.5 Å². The number of ether oxygens (including phenoxy) is 2. The third kappa shape index (κ3) is 8.25. The van der Waals surface area contributed by atoms with Gasteiger partial charge in [0.1, 0.15) is 13.2 Å². The minimum absolute atomic E-state index is 0.0497. The minimum atomic E-state index is -0.520. The number of esters is 2. The molecule has 0 radical (unpaired) electrons. The molecular formula is C13H20O4. The second kappa shape index (κ2) is 8.56. The highest BCUT2D eigenvalue weighted by molar-refractivity contribution is 5.87. The molecule has 0 heterocycles. The number of hydrogen-bond acceptors (Lipinski definition) is 4. The van der Waals surface area contributed by atoms with E-state index in [4.69, 9.17) is 4.74 Å². The molecule has 0 N–H and O–H groups in total. The van der Waals surface area contributed by atoms with Gasteiger partial charge in [-0.2, -0.15) is 0 Å². The molecule has 17 heavy (non-hydrogen) atoms. The number of carbonyl (C=O) groups excluding carboxylic acids is 2. The highest BCUT2D eigenvalue weighted by Gasteiger charge is 2.06. The van der Waals surface area contributed by atoms with Crippen LogP contribution in [0.5, 0.6) is 0 Å². The monoisotopic (exact) mass is 240 g/mol. The maximum Gasteiger partial charge on any atom is 0.333 e. The van der Waals surface area contributed by atoms with Gasteiger partial charge in [0.05, 0.1) is 0 Å². The Morgan fingerprint density at radius 1 is 1.24 bits per heavy atom. The summed E-state index contributed by atoms with van der Waals surface area (Å²) in [5, 5.41) is 0. The summed E-state index contributed by atoms with van der Waals surface area (Å²) in [6.45, 7) is 9.22. The predicted octanol–water partition coefficient (Wildman–Crippen LogP) is 2.25. The molecule has 96 valence electrons. The highest BCUT2D eigenvalue weighted by atomic mass is 16.6. The van der Waals surface area contributed by atoms with Crippen molar-refractivity contribution in [3.05, 3.63) is 24.3 Å². The Kier molecular flexibility index (Phi) is 7.76. The molecule has 0 aliphatic heterocycles. The molecule has 0 aliphatic carbocycles. The number of allylic oxidation sites excluding steroid dienone is 1. The normalized spacial score (nSPS) is 11.2. The van der Waals surface area contributed by atoms with Crippen LogP contribution >= 0.6 is 0 Å². The zero-order valence-corrected chi connectivity index (χ0v) is 10.7. The van der Waals surface area contributed by atoms with Crippen LogP contribution in [0.1, 0.15) is 27.2 Å². The molecule has 0 bridgehead atoms. The van der Waals surface area contributed by atoms with Gasteiger partial charge >= 0.3 is 11.9 Å². The standard InChI is InChI=1S/C13H20O4/c1-5-12(14)16-8-9-17-13(15)11(4)7-6-10(2)3/h5,7,10H,1,6,8-9H2,2-4H3. The predicted molar refractivity (Wildman–Crippen MR) is 65.3 cm³/mol. The summed E-state index contributed by atoms with van der Waals surface area (Å²) in [6, 6.07) is 0. The Morgan fingerprint density at radius 2 is 1.82 bits per heavy atom. The van der Waals surface area contributed by atoms with E-state index >= 15 is 0 Å². The van der Waals surface area contributed by atoms with Crippen molar-refractivity contribution >= 4 is 11.9 Å². The van der Waals surface area contributed by atoms with Crippen LogP contribution in [0.15, 0.2) is 24.3 Å². The molecular weight excluding hydrogens is 220 g/mol. The van der Waals surface area contributed by atoms with Gasteiger partial charge in [-0.1, -0.05) is 26.5 Å². The molecule has 0 saturated heterocycles. The van der Waals surface area contributed by atoms with Crippen LogP contribution in [-0.4, -0.2) is 25.2 Å². The Labute approximate surface area is 102 Å². The van der Waals surface area contributed by atoms with E-state index in [1.54, 1.807) is 6.92 Å². The Bertz CT molecular complexity index is 303. The second-order valence-electron chi connectivity index (χ2n) is 4.02. The first-order valence-corrected chi connectivity index (χ1v) is 5.60. The largest absolute Gasteiger partial charge is 0.459 e. The van der Waals surface area contributed by atoms with E-state index in [0.717, 1.165) is 12.5 Å². The van der Waals surface area contributed by atoms with Crippen LogP contribution < -0.4 is 0 Å². The van der Waals surface area contributed by atoms with Crippen molar-refractivity contribution in [1.29, 1.82) is 0 Å². The fourth-order valence-corrected chi connectivity index (χ4v) is 0.945. The zero-order valence-electron chi connectivity index (χ0n) is 10.7. The molecule has 0 atom stereocenters. The Morgan fingerprint density at radius 3 is 2.35 bits per heavy atom. The smallest absolute Gasteiger partial charge is 0.333 e. The third-order valence-corrected chi connectivity index (χ3v) is 1.94. The topological polar surface area (TPSA) is 52.6 Å². The van der Waals surface area contributed by atoms with Crippen LogP contribution in [0.2, 0.25) is 0 Å². The molecule has 0 spiro atoms. The SMILES string of the molecule is C=CC(=O)OCCOC(=O)C(C)=CCC(C)C. The molecule has 0 unspecified atom stereocenters. The van der Waals surface area contributed by atoms with Gasteiger partial charge in [-0.3, -0.25) is 0 Å². The van der Waals surface area contributed by atoms with Gasteiger partial charge < -0.3 is 9.47 Å². The van der Waals surface area contributed by atoms with E-state index in [-0.39, 0.29) is 19.2 Å². The first kappa shape index (κ1) is 15.4. The summed E-state index contributed by atoms with van der Waals surface area (Å²) >= 11 is 0. The van der Waals surface area contributed by atoms with Gasteiger partial charge in [0.25, 0.3) is 0 Å². The summed E-state index contributed by atoms with van der Waals surface area (Å²) in [5.74, 6) is -0.389. The van der Waals surface area contributed by atoms with E-state index < -0.39 is 5.97 Å². The number of rotatable bonds is 7. The van der Waals surface area contributed by atoms with Crippen molar-refractivity contribution < 1.29 is 19.1 Å². The lowest BCUT2D eigenvalue weighted by molar-refractivity contribution is -0.146. The molecule has 0 aromatic carbocycles. The maximum atomic E-state index is 11.4. The summed E-state index contributed by atoms with van der Waals surface area (Å²) < 4.78 is 9.58. The summed E-state index contributed by atoms with van der Waals surface area (Å²) in [6.07, 6.45) is 3.75. The van der Waals surface area contributed by atoms with Crippen LogP contribution in [0, 0.1) is 5.92 Å². The van der Waals surface area contributed by atoms with Gasteiger partial charge in [0.2, 0.25) is 0 Å². The van der Waals surface area contributed by atoms with Crippen molar-refractivity contribution in [3.8, 4) is 0 Å². The third-order valence-electron chi connectivity index (χ3n) is 1.94. The first-order chi connectivity index (χ1) is 7.97. The second-order valence-corrected chi connectivity index (χ2v) is 4.02. The summed E-state index contributed by atoms with van der Waals surface area (Å²) in [4.78, 5) is 22.1. The molecule has 4 nitrogen and oxygen atoms in total. The van der Waals surface area contributed by atoms with E-state index in [1.165, 1.54) is 0 Å². The molecule has 0 aromatic rings. The fraction of sp³-hybridized carbons (Fsp3) is 0.538. The Hall–Kier alpha value is -1.58. The molecule has 0 saturated carbocycles. The van der Waals surface area contributed by atoms with Crippen LogP contribution in [0.25, 0.3) is 0 Å². The molecule has 0 amide bonds. The number of carbonyl (C=O) groups is 2. The van der Waals surface area contributed by atoms with Gasteiger partial charge in [-0.05, 0) is 19.3 Å². The number of hydrogen-bond donors (Lipinski definition) is 0. The van der Waals surface area contributed by atoms with Gasteiger partial charge in [-0.15, -0.1) is 0 Å². The average molecular weight is 240 g/mol. The van der Waals surface area contributed by atoms with E-state index in [9.17, 15) is 9.59 Å². The Balaban J connectivity index is 3.82. The average Bonchev–Trinajstić information content (AvgIpc) is 2.30. The molecule has 0 rings (SSSR count). The summed E-state index contributed by atoms with van der Waals surface area (Å²) in [7, 11) is 0. The fourth-order valence-electron chi connectivity index (χ4n) is 0.945. The first-order valence-electron chi connectivity index (χ1n) is 5.60. The van der Waals surface area contributed by atoms with Crippen LogP contribution in [-0.2, 0) is 19.1 Å². The van der Waals surface area contributed by atoms with Crippen LogP contribution in [0.3, 0.4) is 0 Å². The lowest BCUT2D eigenvalue weighted by Gasteiger charge is -2.06. The van der Waals surface area contributed by atoms with Crippen LogP contribution in [0.4, 0.5) is 0 Å². The van der Waals surface area contributed by atoms with Crippen molar-refractivity contribution in [2.75, 3.05) is 13.2 Å². The zero-order chi connectivity index (χ0) is 13.3. The summed E-state index contributed by atoms with van der Waals surface area (Å²) in [5.41, 5.74) is 0.578. The van der Waals surface area contributed by atoms with Gasteiger partial charge in [0.15, 0.2) is 0 Å². The van der Waals surface area contributed by atoms with Gasteiger partial charge in [0, 0.05) is 11.6 Å². The van der Waals surface area contributed by atoms with Crippen molar-refractivity contribution in [2.24, 2.45) is 5.92 Å². The van der Waals surface area contributed by atoms with E-state index in [2.05, 4.69) is 25.2 Å². The van der Waals surface area contributed by atoms with Crippen molar-refractivity contribution in [1.82, 2.24) is 0 Å². The molecule has 4 heteroatoms. The lowest BCUT2D eigenvalue weighted by Crippen LogP contribution is -2.13. The maximum absolute atomic E-state index is 11.4. The van der Waals surface area contributed by atoms with E-state index in [1.807, 2.05) is 6.08 Å². The molecule has 0 fully saturated rings. The molecule has 0 aliphatic rings. The minimum Gasteiger partial charge on any atom is -0.459 e. The lowest BCUT2D eigenvalue weighted by atomic mass is 10.1.